The Labute approximate surface area is 104 Å². The van der Waals surface area contributed by atoms with E-state index in [1.54, 1.807) is 0 Å². The lowest BCUT2D eigenvalue weighted by atomic mass is 10.0. The zero-order valence-corrected chi connectivity index (χ0v) is 10.7. The Kier molecular flexibility index (Phi) is 2.52. The summed E-state index contributed by atoms with van der Waals surface area (Å²) >= 11 is 3.65. The van der Waals surface area contributed by atoms with Gasteiger partial charge in [-0.05, 0) is 47.3 Å². The fraction of sp³-hybridized carbons (Fsp3) is 0.385. The van der Waals surface area contributed by atoms with Crippen LogP contribution in [0.15, 0.2) is 28.7 Å². The van der Waals surface area contributed by atoms with Crippen molar-refractivity contribution in [2.24, 2.45) is 5.73 Å². The van der Waals surface area contributed by atoms with E-state index in [4.69, 9.17) is 5.73 Å². The van der Waals surface area contributed by atoms with Crippen LogP contribution in [0, 0.1) is 0 Å². The minimum absolute atomic E-state index is 0.472. The molecule has 16 heavy (non-hydrogen) atoms. The minimum atomic E-state index is 0.472. The third kappa shape index (κ3) is 1.42. The molecule has 0 saturated carbocycles. The number of nitrogens with zero attached hydrogens (tertiary/aromatic N) is 1. The summed E-state index contributed by atoms with van der Waals surface area (Å²) in [5.41, 5.74) is 8.63. The van der Waals surface area contributed by atoms with Crippen molar-refractivity contribution in [3.8, 4) is 0 Å². The summed E-state index contributed by atoms with van der Waals surface area (Å²) in [5.74, 6) is 0. The Morgan fingerprint density at radius 2 is 2.31 bits per heavy atom. The number of nitrogens with two attached hydrogens (primary N) is 1. The lowest BCUT2D eigenvalue weighted by Crippen LogP contribution is -2.24. The van der Waals surface area contributed by atoms with Crippen molar-refractivity contribution in [3.05, 3.63) is 34.4 Å². The van der Waals surface area contributed by atoms with Gasteiger partial charge < -0.3 is 10.3 Å². The lowest BCUT2D eigenvalue weighted by molar-refractivity contribution is 0.420. The van der Waals surface area contributed by atoms with Crippen molar-refractivity contribution in [3.63, 3.8) is 0 Å². The predicted molar refractivity (Wildman–Crippen MR) is 70.7 cm³/mol. The van der Waals surface area contributed by atoms with Gasteiger partial charge in [-0.3, -0.25) is 0 Å². The molecule has 1 aromatic carbocycles. The second-order valence-corrected chi connectivity index (χ2v) is 5.32. The number of aryl methyl sites for hydroxylation is 1. The number of hydrogen-bond donors (Lipinski definition) is 1. The van der Waals surface area contributed by atoms with Gasteiger partial charge in [0.05, 0.1) is 5.52 Å². The molecule has 0 radical (unpaired) electrons. The van der Waals surface area contributed by atoms with Gasteiger partial charge in [0.15, 0.2) is 0 Å². The summed E-state index contributed by atoms with van der Waals surface area (Å²) in [6.07, 6.45) is 3.64. The molecule has 1 aliphatic rings. The highest BCUT2D eigenvalue weighted by molar-refractivity contribution is 9.10. The first kappa shape index (κ1) is 10.4. The molecule has 0 bridgehead atoms. The average molecular weight is 279 g/mol. The van der Waals surface area contributed by atoms with Gasteiger partial charge in [-0.2, -0.15) is 0 Å². The third-order valence-corrected chi connectivity index (χ3v) is 4.14. The van der Waals surface area contributed by atoms with Crippen molar-refractivity contribution in [1.29, 1.82) is 0 Å². The van der Waals surface area contributed by atoms with Crippen LogP contribution in [0.4, 0.5) is 0 Å². The zero-order chi connectivity index (χ0) is 11.1. The molecule has 0 spiro atoms. The SMILES string of the molecule is NCC1CCCc2cc3cccc(Br)c3n21. The van der Waals surface area contributed by atoms with Gasteiger partial charge in [-0.25, -0.2) is 0 Å². The molecule has 2 N–H and O–H groups in total. The van der Waals surface area contributed by atoms with Crippen LogP contribution in [0.2, 0.25) is 0 Å². The average Bonchev–Trinajstić information content (AvgIpc) is 2.68. The first-order valence-corrected chi connectivity index (χ1v) is 6.59. The predicted octanol–water partition coefficient (Wildman–Crippen LogP) is 3.24. The van der Waals surface area contributed by atoms with Gasteiger partial charge in [0.2, 0.25) is 0 Å². The second kappa shape index (κ2) is 3.90. The van der Waals surface area contributed by atoms with Crippen LogP contribution in [-0.2, 0) is 6.42 Å². The van der Waals surface area contributed by atoms with Gasteiger partial charge in [-0.1, -0.05) is 12.1 Å². The molecule has 2 heterocycles. The molecule has 1 aromatic heterocycles. The van der Waals surface area contributed by atoms with Gasteiger partial charge >= 0.3 is 0 Å². The summed E-state index contributed by atoms with van der Waals surface area (Å²) in [4.78, 5) is 0. The maximum absolute atomic E-state index is 5.88. The topological polar surface area (TPSA) is 30.9 Å². The first-order valence-electron chi connectivity index (χ1n) is 5.79. The molecule has 1 unspecified atom stereocenters. The number of aromatic nitrogens is 1. The summed E-state index contributed by atoms with van der Waals surface area (Å²) in [5, 5.41) is 1.32. The maximum atomic E-state index is 5.88. The van der Waals surface area contributed by atoms with Gasteiger partial charge in [0.25, 0.3) is 0 Å². The molecule has 1 aliphatic heterocycles. The Morgan fingerprint density at radius 1 is 1.44 bits per heavy atom. The Bertz CT molecular complexity index is 530. The highest BCUT2D eigenvalue weighted by Gasteiger charge is 2.21. The van der Waals surface area contributed by atoms with E-state index in [9.17, 15) is 0 Å². The van der Waals surface area contributed by atoms with E-state index < -0.39 is 0 Å². The molecule has 0 saturated heterocycles. The summed E-state index contributed by atoms with van der Waals surface area (Å²) in [6, 6.07) is 9.16. The smallest absolute Gasteiger partial charge is 0.0629 e. The van der Waals surface area contributed by atoms with Crippen molar-refractivity contribution < 1.29 is 0 Å². The molecular formula is C13H15BrN2. The molecule has 0 fully saturated rings. The number of rotatable bonds is 1. The Morgan fingerprint density at radius 3 is 3.12 bits per heavy atom. The van der Waals surface area contributed by atoms with Crippen LogP contribution in [0.5, 0.6) is 0 Å². The lowest BCUT2D eigenvalue weighted by Gasteiger charge is -2.26. The summed E-state index contributed by atoms with van der Waals surface area (Å²) in [7, 11) is 0. The fourth-order valence-electron chi connectivity index (χ4n) is 2.78. The standard InChI is InChI=1S/C13H15BrN2/c14-12-6-1-3-9-7-10-4-2-5-11(8-15)16(10)13(9)12/h1,3,6-7,11H,2,4-5,8,15H2. The molecule has 3 heteroatoms. The molecule has 1 atom stereocenters. The number of fused-ring (bicyclic) bond motifs is 3. The van der Waals surface area contributed by atoms with Gasteiger partial charge in [0, 0.05) is 28.1 Å². The highest BCUT2D eigenvalue weighted by atomic mass is 79.9. The Hall–Kier alpha value is -0.800. The molecule has 0 amide bonds. The number of benzene rings is 1. The molecule has 84 valence electrons. The molecule has 2 nitrogen and oxygen atoms in total. The van der Waals surface area contributed by atoms with E-state index in [2.05, 4.69) is 44.8 Å². The maximum Gasteiger partial charge on any atom is 0.0629 e. The van der Waals surface area contributed by atoms with Crippen molar-refractivity contribution in [2.45, 2.75) is 25.3 Å². The van der Waals surface area contributed by atoms with E-state index >= 15 is 0 Å². The third-order valence-electron chi connectivity index (χ3n) is 3.50. The van der Waals surface area contributed by atoms with E-state index in [1.165, 1.54) is 40.3 Å². The van der Waals surface area contributed by atoms with Crippen molar-refractivity contribution >= 4 is 26.8 Å². The van der Waals surface area contributed by atoms with Crippen LogP contribution in [0.25, 0.3) is 10.9 Å². The van der Waals surface area contributed by atoms with Gasteiger partial charge in [-0.15, -0.1) is 0 Å². The van der Waals surface area contributed by atoms with E-state index in [0.29, 0.717) is 6.04 Å². The number of para-hydroxylation sites is 1. The summed E-state index contributed by atoms with van der Waals surface area (Å²) in [6.45, 7) is 0.734. The van der Waals surface area contributed by atoms with Crippen LogP contribution in [0.1, 0.15) is 24.6 Å². The first-order chi connectivity index (χ1) is 7.81. The van der Waals surface area contributed by atoms with Crippen molar-refractivity contribution in [2.75, 3.05) is 6.54 Å². The highest BCUT2D eigenvalue weighted by Crippen LogP contribution is 2.34. The summed E-state index contributed by atoms with van der Waals surface area (Å²) < 4.78 is 3.61. The molecule has 0 aliphatic carbocycles. The van der Waals surface area contributed by atoms with Crippen LogP contribution >= 0.6 is 15.9 Å². The minimum Gasteiger partial charge on any atom is -0.339 e. The largest absolute Gasteiger partial charge is 0.339 e. The zero-order valence-electron chi connectivity index (χ0n) is 9.12. The second-order valence-electron chi connectivity index (χ2n) is 4.47. The fourth-order valence-corrected chi connectivity index (χ4v) is 3.35. The van der Waals surface area contributed by atoms with Gasteiger partial charge in [0.1, 0.15) is 0 Å². The molecule has 3 rings (SSSR count). The normalized spacial score (nSPS) is 20.0. The van der Waals surface area contributed by atoms with E-state index in [1.807, 2.05) is 0 Å². The quantitative estimate of drug-likeness (QED) is 0.853. The number of halogens is 1. The van der Waals surface area contributed by atoms with Crippen LogP contribution < -0.4 is 5.73 Å². The Balaban J connectivity index is 2.32. The monoisotopic (exact) mass is 278 g/mol. The van der Waals surface area contributed by atoms with Crippen molar-refractivity contribution in [1.82, 2.24) is 4.57 Å². The van der Waals surface area contributed by atoms with E-state index in [-0.39, 0.29) is 0 Å². The molecule has 2 aromatic rings. The van der Waals surface area contributed by atoms with Crippen LogP contribution in [0.3, 0.4) is 0 Å². The number of hydrogen-bond acceptors (Lipinski definition) is 1. The molecular weight excluding hydrogens is 264 g/mol. The van der Waals surface area contributed by atoms with E-state index in [0.717, 1.165) is 6.54 Å². The van der Waals surface area contributed by atoms with Crippen LogP contribution in [-0.4, -0.2) is 11.1 Å².